The summed E-state index contributed by atoms with van der Waals surface area (Å²) in [7, 11) is 1.62. The van der Waals surface area contributed by atoms with Crippen LogP contribution in [0.25, 0.3) is 0 Å². The lowest BCUT2D eigenvalue weighted by Gasteiger charge is -2.06. The van der Waals surface area contributed by atoms with Gasteiger partial charge in [0.2, 0.25) is 5.91 Å². The van der Waals surface area contributed by atoms with Crippen LogP contribution in [0, 0.1) is 5.92 Å². The van der Waals surface area contributed by atoms with E-state index in [4.69, 9.17) is 4.84 Å². The summed E-state index contributed by atoms with van der Waals surface area (Å²) >= 11 is 0. The van der Waals surface area contributed by atoms with Crippen LogP contribution in [0.15, 0.2) is 0 Å². The van der Waals surface area contributed by atoms with E-state index in [1.807, 2.05) is 0 Å². The van der Waals surface area contributed by atoms with Gasteiger partial charge < -0.3 is 10.2 Å². The minimum absolute atomic E-state index is 0.0237. The van der Waals surface area contributed by atoms with Crippen LogP contribution in [0.1, 0.15) is 20.3 Å². The first-order valence-corrected chi connectivity index (χ1v) is 4.22. The largest absolute Gasteiger partial charge is 0.359 e. The van der Waals surface area contributed by atoms with Gasteiger partial charge in [0.05, 0.1) is 6.61 Å². The molecule has 0 bridgehead atoms. The molecule has 72 valence electrons. The molecule has 0 aliphatic rings. The summed E-state index contributed by atoms with van der Waals surface area (Å²) in [6.45, 7) is 5.38. The van der Waals surface area contributed by atoms with Crippen molar-refractivity contribution in [3.8, 4) is 0 Å². The van der Waals surface area contributed by atoms with Crippen LogP contribution in [0.5, 0.6) is 0 Å². The molecular weight excluding hydrogens is 156 g/mol. The summed E-state index contributed by atoms with van der Waals surface area (Å²) < 4.78 is 0. The van der Waals surface area contributed by atoms with Gasteiger partial charge in [-0.3, -0.25) is 4.79 Å². The van der Waals surface area contributed by atoms with Gasteiger partial charge in [-0.05, 0) is 5.92 Å². The molecule has 0 heterocycles. The Kier molecular flexibility index (Phi) is 6.70. The summed E-state index contributed by atoms with van der Waals surface area (Å²) in [6.07, 6.45) is 0.453. The fourth-order valence-corrected chi connectivity index (χ4v) is 0.587. The third kappa shape index (κ3) is 7.50. The van der Waals surface area contributed by atoms with Gasteiger partial charge in [0.1, 0.15) is 0 Å². The first kappa shape index (κ1) is 11.4. The quantitative estimate of drug-likeness (QED) is 0.450. The summed E-state index contributed by atoms with van der Waals surface area (Å²) in [4.78, 5) is 15.8. The lowest BCUT2D eigenvalue weighted by atomic mass is 10.2. The third-order valence-corrected chi connectivity index (χ3v) is 1.25. The number of rotatable bonds is 6. The SMILES string of the molecule is CNC(=O)CCNOCC(C)C. The average Bonchev–Trinajstić information content (AvgIpc) is 2.03. The van der Waals surface area contributed by atoms with Crippen molar-refractivity contribution in [1.82, 2.24) is 10.8 Å². The standard InChI is InChI=1S/C8H18N2O2/c1-7(2)6-12-10-5-4-8(11)9-3/h7,10H,4-6H2,1-3H3,(H,9,11). The Morgan fingerprint density at radius 2 is 2.17 bits per heavy atom. The molecule has 0 atom stereocenters. The number of hydrogen-bond acceptors (Lipinski definition) is 3. The molecule has 0 aromatic carbocycles. The maximum Gasteiger partial charge on any atom is 0.221 e. The van der Waals surface area contributed by atoms with Crippen LogP contribution < -0.4 is 10.8 Å². The molecule has 12 heavy (non-hydrogen) atoms. The predicted octanol–water partition coefficient (Wildman–Crippen LogP) is 0.300. The molecule has 4 nitrogen and oxygen atoms in total. The molecule has 0 rings (SSSR count). The molecule has 0 aliphatic heterocycles. The molecule has 4 heteroatoms. The Morgan fingerprint density at radius 1 is 1.50 bits per heavy atom. The monoisotopic (exact) mass is 174 g/mol. The Bertz CT molecular complexity index is 126. The van der Waals surface area contributed by atoms with Crippen LogP contribution in [-0.2, 0) is 9.63 Å². The minimum atomic E-state index is 0.0237. The average molecular weight is 174 g/mol. The van der Waals surface area contributed by atoms with E-state index in [2.05, 4.69) is 24.6 Å². The predicted molar refractivity (Wildman–Crippen MR) is 47.5 cm³/mol. The Morgan fingerprint density at radius 3 is 2.67 bits per heavy atom. The van der Waals surface area contributed by atoms with Crippen molar-refractivity contribution in [3.05, 3.63) is 0 Å². The summed E-state index contributed by atoms with van der Waals surface area (Å²) in [5.41, 5.74) is 2.72. The zero-order valence-electron chi connectivity index (χ0n) is 8.02. The van der Waals surface area contributed by atoms with Crippen LogP contribution >= 0.6 is 0 Å². The molecule has 0 aromatic heterocycles. The number of carbonyl (C=O) groups excluding carboxylic acids is 1. The number of nitrogens with one attached hydrogen (secondary N) is 2. The maximum absolute atomic E-state index is 10.7. The van der Waals surface area contributed by atoms with E-state index >= 15 is 0 Å². The number of hydroxylamine groups is 1. The Balaban J connectivity index is 3.05. The molecule has 1 amide bonds. The highest BCUT2D eigenvalue weighted by molar-refractivity contribution is 5.75. The fraction of sp³-hybridized carbons (Fsp3) is 0.875. The van der Waals surface area contributed by atoms with Gasteiger partial charge in [-0.25, -0.2) is 5.48 Å². The van der Waals surface area contributed by atoms with Crippen LogP contribution in [0.2, 0.25) is 0 Å². The third-order valence-electron chi connectivity index (χ3n) is 1.25. The van der Waals surface area contributed by atoms with Crippen molar-refractivity contribution in [2.24, 2.45) is 5.92 Å². The highest BCUT2D eigenvalue weighted by Crippen LogP contribution is 1.89. The molecule has 0 fully saturated rings. The van der Waals surface area contributed by atoms with Gasteiger partial charge in [0.25, 0.3) is 0 Å². The maximum atomic E-state index is 10.7. The van der Waals surface area contributed by atoms with Crippen molar-refractivity contribution < 1.29 is 9.63 Å². The van der Waals surface area contributed by atoms with Gasteiger partial charge in [-0.15, -0.1) is 0 Å². The van der Waals surface area contributed by atoms with Crippen LogP contribution in [-0.4, -0.2) is 26.1 Å². The molecule has 2 N–H and O–H groups in total. The van der Waals surface area contributed by atoms with Crippen LogP contribution in [0.4, 0.5) is 0 Å². The number of amides is 1. The Hall–Kier alpha value is -0.610. The fourth-order valence-electron chi connectivity index (χ4n) is 0.587. The normalized spacial score (nSPS) is 10.3. The number of carbonyl (C=O) groups is 1. The molecule has 0 aliphatic carbocycles. The second-order valence-electron chi connectivity index (χ2n) is 3.02. The summed E-state index contributed by atoms with van der Waals surface area (Å²) in [6, 6.07) is 0. The van der Waals surface area contributed by atoms with Gasteiger partial charge in [-0.1, -0.05) is 13.8 Å². The summed E-state index contributed by atoms with van der Waals surface area (Å²) in [5.74, 6) is 0.535. The highest BCUT2D eigenvalue weighted by Gasteiger charge is 1.97. The van der Waals surface area contributed by atoms with E-state index in [1.165, 1.54) is 0 Å². The van der Waals surface area contributed by atoms with Crippen molar-refractivity contribution in [3.63, 3.8) is 0 Å². The smallest absolute Gasteiger partial charge is 0.221 e. The van der Waals surface area contributed by atoms with Crippen LogP contribution in [0.3, 0.4) is 0 Å². The topological polar surface area (TPSA) is 50.4 Å². The van der Waals surface area contributed by atoms with E-state index in [9.17, 15) is 4.79 Å². The lowest BCUT2D eigenvalue weighted by molar-refractivity contribution is -0.121. The zero-order valence-corrected chi connectivity index (χ0v) is 8.02. The molecule has 0 radical (unpaired) electrons. The van der Waals surface area contributed by atoms with E-state index in [0.29, 0.717) is 25.5 Å². The van der Waals surface area contributed by atoms with E-state index in [0.717, 1.165) is 0 Å². The molecule has 0 saturated heterocycles. The zero-order chi connectivity index (χ0) is 9.40. The molecule has 0 aromatic rings. The minimum Gasteiger partial charge on any atom is -0.359 e. The second kappa shape index (κ2) is 7.06. The Labute approximate surface area is 73.6 Å². The van der Waals surface area contributed by atoms with Gasteiger partial charge in [0.15, 0.2) is 0 Å². The van der Waals surface area contributed by atoms with E-state index in [1.54, 1.807) is 7.05 Å². The second-order valence-corrected chi connectivity index (χ2v) is 3.02. The molecule has 0 unspecified atom stereocenters. The molecule has 0 saturated carbocycles. The van der Waals surface area contributed by atoms with E-state index < -0.39 is 0 Å². The highest BCUT2D eigenvalue weighted by atomic mass is 16.6. The number of hydrogen-bond donors (Lipinski definition) is 2. The van der Waals surface area contributed by atoms with Crippen molar-refractivity contribution in [2.45, 2.75) is 20.3 Å². The lowest BCUT2D eigenvalue weighted by Crippen LogP contribution is -2.25. The van der Waals surface area contributed by atoms with Gasteiger partial charge in [-0.2, -0.15) is 0 Å². The van der Waals surface area contributed by atoms with Gasteiger partial charge in [0, 0.05) is 20.0 Å². The van der Waals surface area contributed by atoms with Gasteiger partial charge >= 0.3 is 0 Å². The first-order chi connectivity index (χ1) is 5.66. The van der Waals surface area contributed by atoms with Crippen molar-refractivity contribution in [1.29, 1.82) is 0 Å². The van der Waals surface area contributed by atoms with Crippen molar-refractivity contribution >= 4 is 5.91 Å². The first-order valence-electron chi connectivity index (χ1n) is 4.22. The van der Waals surface area contributed by atoms with Crippen molar-refractivity contribution in [2.75, 3.05) is 20.2 Å². The molecular formula is C8H18N2O2. The summed E-state index contributed by atoms with van der Waals surface area (Å²) in [5, 5.41) is 2.53. The van der Waals surface area contributed by atoms with E-state index in [-0.39, 0.29) is 5.91 Å². The molecule has 0 spiro atoms.